The third kappa shape index (κ3) is 2.57. The van der Waals surface area contributed by atoms with Gasteiger partial charge in [-0.25, -0.2) is 0 Å². The summed E-state index contributed by atoms with van der Waals surface area (Å²) in [4.78, 5) is 7.00. The fourth-order valence-electron chi connectivity index (χ4n) is 3.03. The van der Waals surface area contributed by atoms with Crippen LogP contribution in [0.2, 0.25) is 0 Å². The van der Waals surface area contributed by atoms with E-state index in [0.29, 0.717) is 12.0 Å². The summed E-state index contributed by atoms with van der Waals surface area (Å²) in [6, 6.07) is 0.600. The molecule has 100 valence electrons. The van der Waals surface area contributed by atoms with Crippen molar-refractivity contribution in [2.75, 3.05) is 26.7 Å². The summed E-state index contributed by atoms with van der Waals surface area (Å²) in [5.41, 5.74) is 0. The molecule has 0 bridgehead atoms. The molecular weight excluding hydrogens is 228 g/mol. The van der Waals surface area contributed by atoms with Crippen LogP contribution in [0.25, 0.3) is 0 Å². The predicted octanol–water partition coefficient (Wildman–Crippen LogP) is 1.17. The van der Waals surface area contributed by atoms with E-state index in [-0.39, 0.29) is 0 Å². The van der Waals surface area contributed by atoms with Gasteiger partial charge < -0.3 is 14.7 Å². The van der Waals surface area contributed by atoms with Crippen LogP contribution in [0, 0.1) is 0 Å². The van der Waals surface area contributed by atoms with Gasteiger partial charge in [-0.1, -0.05) is 5.16 Å². The molecule has 5 heteroatoms. The highest BCUT2D eigenvalue weighted by Crippen LogP contribution is 2.24. The van der Waals surface area contributed by atoms with Crippen LogP contribution >= 0.6 is 0 Å². The van der Waals surface area contributed by atoms with Crippen molar-refractivity contribution in [2.24, 2.45) is 0 Å². The second-order valence-electron chi connectivity index (χ2n) is 5.55. The minimum Gasteiger partial charge on any atom is -0.339 e. The maximum absolute atomic E-state index is 5.44. The molecular formula is C13H22N4O. The van der Waals surface area contributed by atoms with E-state index in [1.165, 1.54) is 19.4 Å². The standard InChI is InChI=1S/C13H22N4O/c1-17-8-2-3-11(17)9-12-15-13(18-16-12)10-4-6-14-7-5-10/h10-11,14H,2-9H2,1H3. The van der Waals surface area contributed by atoms with E-state index in [0.717, 1.165) is 44.1 Å². The van der Waals surface area contributed by atoms with Crippen LogP contribution in [0.3, 0.4) is 0 Å². The quantitative estimate of drug-likeness (QED) is 0.873. The molecule has 0 spiro atoms. The molecule has 2 aliphatic heterocycles. The molecule has 0 aromatic carbocycles. The van der Waals surface area contributed by atoms with E-state index in [9.17, 15) is 0 Å². The smallest absolute Gasteiger partial charge is 0.229 e. The van der Waals surface area contributed by atoms with E-state index in [1.54, 1.807) is 0 Å². The Bertz CT molecular complexity index is 386. The first-order valence-corrected chi connectivity index (χ1v) is 7.06. The summed E-state index contributed by atoms with van der Waals surface area (Å²) >= 11 is 0. The number of aromatic nitrogens is 2. The largest absolute Gasteiger partial charge is 0.339 e. The molecule has 1 aromatic rings. The Labute approximate surface area is 108 Å². The zero-order chi connectivity index (χ0) is 12.4. The number of nitrogens with zero attached hydrogens (tertiary/aromatic N) is 3. The maximum atomic E-state index is 5.44. The van der Waals surface area contributed by atoms with Gasteiger partial charge in [0.2, 0.25) is 5.89 Å². The summed E-state index contributed by atoms with van der Waals surface area (Å²) in [7, 11) is 2.19. The number of rotatable bonds is 3. The van der Waals surface area contributed by atoms with Gasteiger partial charge in [-0.2, -0.15) is 4.98 Å². The molecule has 3 rings (SSSR count). The lowest BCUT2D eigenvalue weighted by Crippen LogP contribution is -2.27. The monoisotopic (exact) mass is 250 g/mol. The Kier molecular flexibility index (Phi) is 3.61. The number of likely N-dealkylation sites (tertiary alicyclic amines) is 1. The Balaban J connectivity index is 1.62. The lowest BCUT2D eigenvalue weighted by molar-refractivity contribution is 0.297. The van der Waals surface area contributed by atoms with Crippen molar-refractivity contribution in [1.82, 2.24) is 20.4 Å². The van der Waals surface area contributed by atoms with Crippen LogP contribution in [0.15, 0.2) is 4.52 Å². The van der Waals surface area contributed by atoms with Gasteiger partial charge in [-0.3, -0.25) is 0 Å². The SMILES string of the molecule is CN1CCCC1Cc1noc(C2CCNCC2)n1. The normalized spacial score (nSPS) is 26.8. The Morgan fingerprint density at radius 2 is 2.17 bits per heavy atom. The molecule has 0 amide bonds. The molecule has 2 fully saturated rings. The van der Waals surface area contributed by atoms with E-state index in [1.807, 2.05) is 0 Å². The maximum Gasteiger partial charge on any atom is 0.229 e. The molecule has 18 heavy (non-hydrogen) atoms. The molecule has 5 nitrogen and oxygen atoms in total. The third-order valence-electron chi connectivity index (χ3n) is 4.26. The second kappa shape index (κ2) is 5.36. The number of likely N-dealkylation sites (N-methyl/N-ethyl adjacent to an activating group) is 1. The Morgan fingerprint density at radius 1 is 1.33 bits per heavy atom. The fourth-order valence-corrected chi connectivity index (χ4v) is 3.03. The first-order valence-electron chi connectivity index (χ1n) is 7.06. The summed E-state index contributed by atoms with van der Waals surface area (Å²) in [5, 5.41) is 7.52. The highest BCUT2D eigenvalue weighted by atomic mass is 16.5. The van der Waals surface area contributed by atoms with Gasteiger partial charge in [0.1, 0.15) is 0 Å². The van der Waals surface area contributed by atoms with Gasteiger partial charge in [-0.05, 0) is 52.4 Å². The van der Waals surface area contributed by atoms with Gasteiger partial charge in [0.05, 0.1) is 0 Å². The lowest BCUT2D eigenvalue weighted by atomic mass is 9.98. The number of hydrogen-bond acceptors (Lipinski definition) is 5. The highest BCUT2D eigenvalue weighted by Gasteiger charge is 2.25. The minimum atomic E-state index is 0.466. The predicted molar refractivity (Wildman–Crippen MR) is 68.5 cm³/mol. The molecule has 3 heterocycles. The first-order chi connectivity index (χ1) is 8.83. The van der Waals surface area contributed by atoms with Crippen LogP contribution < -0.4 is 5.32 Å². The van der Waals surface area contributed by atoms with E-state index >= 15 is 0 Å². The van der Waals surface area contributed by atoms with Crippen LogP contribution in [0.4, 0.5) is 0 Å². The zero-order valence-corrected chi connectivity index (χ0v) is 11.1. The van der Waals surface area contributed by atoms with Gasteiger partial charge in [0, 0.05) is 18.4 Å². The van der Waals surface area contributed by atoms with E-state index < -0.39 is 0 Å². The number of hydrogen-bond donors (Lipinski definition) is 1. The van der Waals surface area contributed by atoms with Gasteiger partial charge in [0.15, 0.2) is 5.82 Å². The van der Waals surface area contributed by atoms with E-state index in [4.69, 9.17) is 4.52 Å². The molecule has 1 N–H and O–H groups in total. The van der Waals surface area contributed by atoms with Gasteiger partial charge in [-0.15, -0.1) is 0 Å². The van der Waals surface area contributed by atoms with Crippen molar-refractivity contribution in [3.63, 3.8) is 0 Å². The van der Waals surface area contributed by atoms with E-state index in [2.05, 4.69) is 27.4 Å². The molecule has 1 unspecified atom stereocenters. The summed E-state index contributed by atoms with van der Waals surface area (Å²) in [6.45, 7) is 3.32. The van der Waals surface area contributed by atoms with Crippen molar-refractivity contribution in [2.45, 2.75) is 44.1 Å². The molecule has 1 atom stereocenters. The van der Waals surface area contributed by atoms with Crippen LogP contribution in [0.5, 0.6) is 0 Å². The van der Waals surface area contributed by atoms with Crippen LogP contribution in [-0.4, -0.2) is 47.8 Å². The molecule has 2 aliphatic rings. The summed E-state index contributed by atoms with van der Waals surface area (Å²) in [6.07, 6.45) is 5.72. The molecule has 1 aromatic heterocycles. The topological polar surface area (TPSA) is 54.2 Å². The van der Waals surface area contributed by atoms with Crippen molar-refractivity contribution in [1.29, 1.82) is 0 Å². The van der Waals surface area contributed by atoms with Crippen LogP contribution in [-0.2, 0) is 6.42 Å². The third-order valence-corrected chi connectivity index (χ3v) is 4.26. The number of piperidine rings is 1. The Morgan fingerprint density at radius 3 is 2.89 bits per heavy atom. The lowest BCUT2D eigenvalue weighted by Gasteiger charge is -2.18. The molecule has 0 radical (unpaired) electrons. The molecule has 0 saturated carbocycles. The van der Waals surface area contributed by atoms with Crippen molar-refractivity contribution < 1.29 is 4.52 Å². The van der Waals surface area contributed by atoms with Crippen molar-refractivity contribution >= 4 is 0 Å². The number of nitrogens with one attached hydrogen (secondary N) is 1. The van der Waals surface area contributed by atoms with Gasteiger partial charge in [0.25, 0.3) is 0 Å². The minimum absolute atomic E-state index is 0.466. The average Bonchev–Trinajstić information content (AvgIpc) is 3.02. The van der Waals surface area contributed by atoms with Gasteiger partial charge >= 0.3 is 0 Å². The van der Waals surface area contributed by atoms with Crippen molar-refractivity contribution in [3.05, 3.63) is 11.7 Å². The zero-order valence-electron chi connectivity index (χ0n) is 11.1. The van der Waals surface area contributed by atoms with Crippen molar-refractivity contribution in [3.8, 4) is 0 Å². The second-order valence-corrected chi connectivity index (χ2v) is 5.55. The summed E-state index contributed by atoms with van der Waals surface area (Å²) in [5.74, 6) is 2.21. The average molecular weight is 250 g/mol. The molecule has 0 aliphatic carbocycles. The Hall–Kier alpha value is -0.940. The fraction of sp³-hybridized carbons (Fsp3) is 0.846. The highest BCUT2D eigenvalue weighted by molar-refractivity contribution is 4.98. The van der Waals surface area contributed by atoms with Crippen LogP contribution in [0.1, 0.15) is 43.3 Å². The first kappa shape index (κ1) is 12.1. The molecule has 2 saturated heterocycles. The summed E-state index contributed by atoms with van der Waals surface area (Å²) < 4.78 is 5.44.